The van der Waals surface area contributed by atoms with Crippen molar-refractivity contribution in [1.29, 1.82) is 0 Å². The van der Waals surface area contributed by atoms with Gasteiger partial charge >= 0.3 is 59.1 Å². The van der Waals surface area contributed by atoms with Crippen LogP contribution in [0.1, 0.15) is 27.4 Å². The largest absolute Gasteiger partial charge is 1.00 e. The summed E-state index contributed by atoms with van der Waals surface area (Å²) in [6.07, 6.45) is 8.65. The molecule has 3 aliphatic rings. The molecule has 0 spiro atoms. The first kappa shape index (κ1) is 25.7. The van der Waals surface area contributed by atoms with Crippen LogP contribution in [0.4, 0.5) is 0 Å². The fourth-order valence-electron chi connectivity index (χ4n) is 5.04. The molecular formula is C28H16Na2O5. The number of hydrogen-bond acceptors (Lipinski definition) is 5. The summed E-state index contributed by atoms with van der Waals surface area (Å²) in [5, 5.41) is 25.4. The van der Waals surface area contributed by atoms with Crippen molar-refractivity contribution in [3.8, 4) is 11.5 Å². The van der Waals surface area contributed by atoms with E-state index < -0.39 is 5.97 Å². The molecule has 3 aromatic rings. The number of carboxylic acid groups (broad SMARTS) is 1. The second kappa shape index (κ2) is 9.94. The fourth-order valence-corrected chi connectivity index (χ4v) is 5.04. The van der Waals surface area contributed by atoms with Crippen LogP contribution in [0.2, 0.25) is 0 Å². The van der Waals surface area contributed by atoms with Gasteiger partial charge in [0.2, 0.25) is 0 Å². The van der Waals surface area contributed by atoms with Crippen molar-refractivity contribution >= 4 is 22.5 Å². The zero-order valence-electron chi connectivity index (χ0n) is 19.3. The van der Waals surface area contributed by atoms with Gasteiger partial charge in [-0.1, -0.05) is 66.7 Å². The van der Waals surface area contributed by atoms with E-state index in [9.17, 15) is 19.8 Å². The summed E-state index contributed by atoms with van der Waals surface area (Å²) in [5.74, 6) is -0.836. The Kier molecular flexibility index (Phi) is 7.30. The molecule has 2 aliphatic carbocycles. The Labute approximate surface area is 246 Å². The van der Waals surface area contributed by atoms with Gasteiger partial charge in [-0.15, -0.1) is 5.75 Å². The van der Waals surface area contributed by atoms with Gasteiger partial charge in [0.15, 0.2) is 5.78 Å². The van der Waals surface area contributed by atoms with E-state index >= 15 is 0 Å². The number of ketones is 1. The molecule has 0 bridgehead atoms. The summed E-state index contributed by atoms with van der Waals surface area (Å²) in [7, 11) is 0. The van der Waals surface area contributed by atoms with Gasteiger partial charge in [-0.25, -0.2) is 0 Å². The van der Waals surface area contributed by atoms with Crippen molar-refractivity contribution in [3.05, 3.63) is 119 Å². The van der Waals surface area contributed by atoms with Crippen LogP contribution in [0, 0.1) is 5.92 Å². The second-order valence-corrected chi connectivity index (χ2v) is 8.32. The Balaban J connectivity index is 0.00000144. The van der Waals surface area contributed by atoms with Crippen molar-refractivity contribution in [2.45, 2.75) is 5.92 Å². The summed E-state index contributed by atoms with van der Waals surface area (Å²) in [4.78, 5) is 23.9. The van der Waals surface area contributed by atoms with Crippen LogP contribution in [0.25, 0.3) is 10.8 Å². The molecule has 0 fully saturated rings. The van der Waals surface area contributed by atoms with Gasteiger partial charge in [0, 0.05) is 33.9 Å². The number of hydrogen-bond donors (Lipinski definition) is 0. The number of fused-ring (bicyclic) bond motifs is 5. The van der Waals surface area contributed by atoms with Crippen molar-refractivity contribution < 1.29 is 83.7 Å². The maximum atomic E-state index is 12.0. The van der Waals surface area contributed by atoms with E-state index in [-0.39, 0.29) is 88.0 Å². The average Bonchev–Trinajstić information content (AvgIpc) is 2.82. The summed E-state index contributed by atoms with van der Waals surface area (Å²) in [5.41, 5.74) is 3.13. The monoisotopic (exact) mass is 478 g/mol. The summed E-state index contributed by atoms with van der Waals surface area (Å²) < 4.78 is 6.51. The van der Waals surface area contributed by atoms with Crippen LogP contribution in [0.15, 0.2) is 102 Å². The Morgan fingerprint density at radius 2 is 1.71 bits per heavy atom. The molecule has 160 valence electrons. The second-order valence-electron chi connectivity index (χ2n) is 8.32. The molecule has 5 nitrogen and oxygen atoms in total. The topological polar surface area (TPSA) is 89.5 Å². The van der Waals surface area contributed by atoms with Gasteiger partial charge < -0.3 is 19.7 Å². The van der Waals surface area contributed by atoms with E-state index in [1.165, 1.54) is 12.1 Å². The third-order valence-electron chi connectivity index (χ3n) is 6.47. The summed E-state index contributed by atoms with van der Waals surface area (Å²) in [6, 6.07) is 15.4. The number of carbonyl (C=O) groups excluding carboxylic acids is 2. The molecular weight excluding hydrogens is 462 g/mol. The number of carboxylic acids is 1. The minimum Gasteiger partial charge on any atom is -0.872 e. The van der Waals surface area contributed by atoms with Crippen LogP contribution in [-0.2, 0) is 4.79 Å². The summed E-state index contributed by atoms with van der Waals surface area (Å²) in [6.45, 7) is 0. The van der Waals surface area contributed by atoms with E-state index in [1.54, 1.807) is 42.5 Å². The van der Waals surface area contributed by atoms with Gasteiger partial charge in [0.25, 0.3) is 0 Å². The standard InChI is InChI=1S/C28H18O5.2Na/c29-17-7-11-19-15(13-17)5-9-23-25(21-3-1-2-4-22(21)28(31)32)24-10-6-16-14-18(30)8-12-20(16)27(24)33-26(19)23;;/h1-14,23,25,30H,(H,31,32);;/q;2*+1/p-2. The zero-order chi connectivity index (χ0) is 22.7. The normalized spacial score (nSPS) is 19.4. The molecule has 0 aromatic heterocycles. The minimum atomic E-state index is -1.24. The Hall–Kier alpha value is -2.38. The number of benzene rings is 3. The van der Waals surface area contributed by atoms with Gasteiger partial charge in [-0.2, -0.15) is 0 Å². The zero-order valence-corrected chi connectivity index (χ0v) is 23.3. The molecule has 7 heteroatoms. The van der Waals surface area contributed by atoms with Crippen LogP contribution < -0.4 is 74.1 Å². The first-order valence-electron chi connectivity index (χ1n) is 10.6. The number of allylic oxidation sites excluding steroid dienone is 7. The van der Waals surface area contributed by atoms with E-state index in [0.29, 0.717) is 17.1 Å². The summed E-state index contributed by atoms with van der Waals surface area (Å²) >= 11 is 0. The van der Waals surface area contributed by atoms with Gasteiger partial charge in [-0.3, -0.25) is 4.79 Å². The Morgan fingerprint density at radius 1 is 0.914 bits per heavy atom. The van der Waals surface area contributed by atoms with Crippen molar-refractivity contribution in [2.24, 2.45) is 5.92 Å². The number of carbonyl (C=O) groups is 2. The molecule has 0 radical (unpaired) electrons. The molecule has 1 heterocycles. The molecule has 2 unspecified atom stereocenters. The molecule has 6 rings (SSSR count). The molecule has 2 atom stereocenters. The van der Waals surface area contributed by atoms with Crippen LogP contribution >= 0.6 is 0 Å². The van der Waals surface area contributed by atoms with Gasteiger partial charge in [0.1, 0.15) is 11.5 Å². The third kappa shape index (κ3) is 4.27. The fraction of sp³-hybridized carbons (Fsp3) is 0.0714. The number of ether oxygens (including phenoxy) is 1. The molecule has 0 amide bonds. The maximum absolute atomic E-state index is 12.0. The Bertz CT molecular complexity index is 1510. The average molecular weight is 478 g/mol. The van der Waals surface area contributed by atoms with E-state index in [0.717, 1.165) is 27.5 Å². The first-order valence-corrected chi connectivity index (χ1v) is 10.6. The van der Waals surface area contributed by atoms with Gasteiger partial charge in [0.05, 0.1) is 5.97 Å². The molecule has 0 saturated heterocycles. The molecule has 0 saturated carbocycles. The third-order valence-corrected chi connectivity index (χ3v) is 6.47. The van der Waals surface area contributed by atoms with Crippen LogP contribution in [-0.4, -0.2) is 11.8 Å². The van der Waals surface area contributed by atoms with Crippen LogP contribution in [0.3, 0.4) is 0 Å². The molecule has 3 aromatic carbocycles. The van der Waals surface area contributed by atoms with Crippen molar-refractivity contribution in [2.75, 3.05) is 0 Å². The predicted octanol–water partition coefficient (Wildman–Crippen LogP) is -2.69. The molecule has 1 aliphatic heterocycles. The van der Waals surface area contributed by atoms with Crippen molar-refractivity contribution in [1.82, 2.24) is 0 Å². The van der Waals surface area contributed by atoms with Gasteiger partial charge in [-0.05, 0) is 34.8 Å². The van der Waals surface area contributed by atoms with E-state index in [2.05, 4.69) is 0 Å². The van der Waals surface area contributed by atoms with E-state index in [1.807, 2.05) is 30.4 Å². The first-order chi connectivity index (χ1) is 16.0. The predicted molar refractivity (Wildman–Crippen MR) is 119 cm³/mol. The number of rotatable bonds is 2. The molecule has 35 heavy (non-hydrogen) atoms. The van der Waals surface area contributed by atoms with E-state index in [4.69, 9.17) is 4.74 Å². The maximum Gasteiger partial charge on any atom is 1.00 e. The smallest absolute Gasteiger partial charge is 0.872 e. The quantitative estimate of drug-likeness (QED) is 0.375. The Morgan fingerprint density at radius 3 is 2.51 bits per heavy atom. The number of aromatic carboxylic acids is 1. The SMILES string of the molecule is O=C1C=CC2=C3Oc4c(ccc5cc([O-])ccc45)C(c4ccccc4C(=O)[O-])C3C=CC2=C1.[Na+].[Na+]. The van der Waals surface area contributed by atoms with Crippen LogP contribution in [0.5, 0.6) is 11.5 Å². The van der Waals surface area contributed by atoms with Crippen molar-refractivity contribution in [3.63, 3.8) is 0 Å². The molecule has 0 N–H and O–H groups in total. The minimum absolute atomic E-state index is 0.